The van der Waals surface area contributed by atoms with Gasteiger partial charge in [-0.3, -0.25) is 4.79 Å². The second-order valence-corrected chi connectivity index (χ2v) is 4.43. The van der Waals surface area contributed by atoms with Gasteiger partial charge in [-0.05, 0) is 20.3 Å². The SMILES string of the molecule is CCC(N)CC(=O)N1C[C@@H](C)O[C@@H](C)C1. The minimum atomic E-state index is -0.00837. The quantitative estimate of drug-likeness (QED) is 0.754. The highest BCUT2D eigenvalue weighted by atomic mass is 16.5. The average Bonchev–Trinajstić information content (AvgIpc) is 2.16. The zero-order valence-electron chi connectivity index (χ0n) is 9.90. The van der Waals surface area contributed by atoms with Crippen LogP contribution in [0.15, 0.2) is 0 Å². The molecule has 3 atom stereocenters. The first kappa shape index (κ1) is 12.5. The van der Waals surface area contributed by atoms with E-state index in [1.807, 2.05) is 25.7 Å². The van der Waals surface area contributed by atoms with Crippen molar-refractivity contribution in [2.24, 2.45) is 5.73 Å². The zero-order valence-corrected chi connectivity index (χ0v) is 9.90. The summed E-state index contributed by atoms with van der Waals surface area (Å²) in [6, 6.07) is -0.00837. The van der Waals surface area contributed by atoms with Gasteiger partial charge in [0.05, 0.1) is 12.2 Å². The van der Waals surface area contributed by atoms with Gasteiger partial charge in [-0.15, -0.1) is 0 Å². The van der Waals surface area contributed by atoms with Crippen LogP contribution in [-0.2, 0) is 9.53 Å². The Morgan fingerprint density at radius 1 is 1.47 bits per heavy atom. The largest absolute Gasteiger partial charge is 0.372 e. The lowest BCUT2D eigenvalue weighted by atomic mass is 10.1. The van der Waals surface area contributed by atoms with Gasteiger partial charge >= 0.3 is 0 Å². The number of rotatable bonds is 3. The fourth-order valence-electron chi connectivity index (χ4n) is 1.88. The molecule has 4 nitrogen and oxygen atoms in total. The molecule has 1 aliphatic heterocycles. The first-order valence-corrected chi connectivity index (χ1v) is 5.71. The van der Waals surface area contributed by atoms with Crippen molar-refractivity contribution in [3.63, 3.8) is 0 Å². The van der Waals surface area contributed by atoms with Crippen LogP contribution in [0.5, 0.6) is 0 Å². The Labute approximate surface area is 91.8 Å². The lowest BCUT2D eigenvalue weighted by Crippen LogP contribution is -2.49. The van der Waals surface area contributed by atoms with E-state index in [1.54, 1.807) is 0 Å². The summed E-state index contributed by atoms with van der Waals surface area (Å²) in [6.45, 7) is 7.38. The molecule has 1 fully saturated rings. The summed E-state index contributed by atoms with van der Waals surface area (Å²) in [5, 5.41) is 0. The highest BCUT2D eigenvalue weighted by molar-refractivity contribution is 5.77. The van der Waals surface area contributed by atoms with Crippen molar-refractivity contribution in [3.8, 4) is 0 Å². The predicted molar refractivity (Wildman–Crippen MR) is 59.5 cm³/mol. The fourth-order valence-corrected chi connectivity index (χ4v) is 1.88. The number of nitrogens with two attached hydrogens (primary N) is 1. The summed E-state index contributed by atoms with van der Waals surface area (Å²) in [5.41, 5.74) is 5.77. The summed E-state index contributed by atoms with van der Waals surface area (Å²) in [5.74, 6) is 0.159. The van der Waals surface area contributed by atoms with Gasteiger partial charge in [-0.1, -0.05) is 6.92 Å². The average molecular weight is 214 g/mol. The number of ether oxygens (including phenoxy) is 1. The van der Waals surface area contributed by atoms with E-state index in [2.05, 4.69) is 0 Å². The molecule has 1 heterocycles. The second kappa shape index (κ2) is 5.47. The molecular weight excluding hydrogens is 192 g/mol. The molecule has 15 heavy (non-hydrogen) atoms. The Balaban J connectivity index is 2.44. The summed E-state index contributed by atoms with van der Waals surface area (Å²) in [6.07, 6.45) is 1.57. The maximum atomic E-state index is 11.8. The number of nitrogens with zero attached hydrogens (tertiary/aromatic N) is 1. The number of hydrogen-bond donors (Lipinski definition) is 1. The Morgan fingerprint density at radius 3 is 2.47 bits per heavy atom. The Hall–Kier alpha value is -0.610. The molecule has 0 aromatic rings. The number of amides is 1. The van der Waals surface area contributed by atoms with Crippen LogP contribution in [0, 0.1) is 0 Å². The third-order valence-corrected chi connectivity index (χ3v) is 2.73. The van der Waals surface area contributed by atoms with Crippen LogP contribution in [0.4, 0.5) is 0 Å². The van der Waals surface area contributed by atoms with E-state index < -0.39 is 0 Å². The van der Waals surface area contributed by atoms with Gasteiger partial charge in [0.15, 0.2) is 0 Å². The highest BCUT2D eigenvalue weighted by Crippen LogP contribution is 2.12. The topological polar surface area (TPSA) is 55.6 Å². The maximum Gasteiger partial charge on any atom is 0.224 e. The molecule has 0 spiro atoms. The van der Waals surface area contributed by atoms with Crippen molar-refractivity contribution in [1.29, 1.82) is 0 Å². The number of carbonyl (C=O) groups is 1. The van der Waals surface area contributed by atoms with Gasteiger partial charge < -0.3 is 15.4 Å². The van der Waals surface area contributed by atoms with Crippen LogP contribution in [0.2, 0.25) is 0 Å². The van der Waals surface area contributed by atoms with Crippen molar-refractivity contribution in [1.82, 2.24) is 4.90 Å². The molecule has 1 unspecified atom stereocenters. The van der Waals surface area contributed by atoms with Gasteiger partial charge in [0.1, 0.15) is 0 Å². The Kier molecular flexibility index (Phi) is 4.54. The van der Waals surface area contributed by atoms with Crippen LogP contribution in [0.3, 0.4) is 0 Å². The van der Waals surface area contributed by atoms with Crippen LogP contribution < -0.4 is 5.73 Å². The molecule has 0 bridgehead atoms. The van der Waals surface area contributed by atoms with Crippen molar-refractivity contribution < 1.29 is 9.53 Å². The third kappa shape index (κ3) is 3.80. The van der Waals surface area contributed by atoms with Crippen LogP contribution in [0.25, 0.3) is 0 Å². The van der Waals surface area contributed by atoms with Crippen molar-refractivity contribution in [2.75, 3.05) is 13.1 Å². The number of morpholine rings is 1. The van der Waals surface area contributed by atoms with E-state index in [0.717, 1.165) is 6.42 Å². The van der Waals surface area contributed by atoms with Gasteiger partial charge in [0, 0.05) is 25.6 Å². The van der Waals surface area contributed by atoms with Crippen LogP contribution in [-0.4, -0.2) is 42.1 Å². The molecule has 0 saturated carbocycles. The smallest absolute Gasteiger partial charge is 0.224 e. The first-order valence-electron chi connectivity index (χ1n) is 5.71. The van der Waals surface area contributed by atoms with E-state index >= 15 is 0 Å². The van der Waals surface area contributed by atoms with Crippen molar-refractivity contribution in [3.05, 3.63) is 0 Å². The van der Waals surface area contributed by atoms with E-state index in [9.17, 15) is 4.79 Å². The first-order chi connectivity index (χ1) is 7.02. The van der Waals surface area contributed by atoms with Gasteiger partial charge in [0.2, 0.25) is 5.91 Å². The number of carbonyl (C=O) groups excluding carboxylic acids is 1. The zero-order chi connectivity index (χ0) is 11.4. The molecule has 88 valence electrons. The third-order valence-electron chi connectivity index (χ3n) is 2.73. The molecular formula is C11H22N2O2. The molecule has 4 heteroatoms. The van der Waals surface area contributed by atoms with Crippen LogP contribution >= 0.6 is 0 Å². The standard InChI is InChI=1S/C11H22N2O2/c1-4-10(12)5-11(14)13-6-8(2)15-9(3)7-13/h8-10H,4-7,12H2,1-3H3/t8-,9+,10?. The molecule has 0 aliphatic carbocycles. The molecule has 0 radical (unpaired) electrons. The summed E-state index contributed by atoms with van der Waals surface area (Å²) in [7, 11) is 0. The molecule has 2 N–H and O–H groups in total. The highest BCUT2D eigenvalue weighted by Gasteiger charge is 2.26. The monoisotopic (exact) mass is 214 g/mol. The normalized spacial score (nSPS) is 28.9. The summed E-state index contributed by atoms with van der Waals surface area (Å²) < 4.78 is 5.57. The van der Waals surface area contributed by atoms with E-state index in [-0.39, 0.29) is 24.2 Å². The summed E-state index contributed by atoms with van der Waals surface area (Å²) >= 11 is 0. The summed E-state index contributed by atoms with van der Waals surface area (Å²) in [4.78, 5) is 13.7. The molecule has 1 rings (SSSR count). The van der Waals surface area contributed by atoms with Gasteiger partial charge in [-0.25, -0.2) is 0 Å². The van der Waals surface area contributed by atoms with E-state index in [1.165, 1.54) is 0 Å². The maximum absolute atomic E-state index is 11.8. The predicted octanol–water partition coefficient (Wildman–Crippen LogP) is 0.750. The van der Waals surface area contributed by atoms with E-state index in [4.69, 9.17) is 10.5 Å². The Morgan fingerprint density at radius 2 is 2.00 bits per heavy atom. The van der Waals surface area contributed by atoms with Gasteiger partial charge in [0.25, 0.3) is 0 Å². The molecule has 1 aliphatic rings. The Bertz CT molecular complexity index is 211. The molecule has 0 aromatic heterocycles. The molecule has 0 aromatic carbocycles. The van der Waals surface area contributed by atoms with Crippen LogP contribution in [0.1, 0.15) is 33.6 Å². The lowest BCUT2D eigenvalue weighted by Gasteiger charge is -2.35. The lowest BCUT2D eigenvalue weighted by molar-refractivity contribution is -0.143. The van der Waals surface area contributed by atoms with Crippen molar-refractivity contribution >= 4 is 5.91 Å². The molecule has 1 saturated heterocycles. The number of hydrogen-bond acceptors (Lipinski definition) is 3. The minimum Gasteiger partial charge on any atom is -0.372 e. The molecule has 1 amide bonds. The minimum absolute atomic E-state index is 0.00837. The van der Waals surface area contributed by atoms with E-state index in [0.29, 0.717) is 19.5 Å². The van der Waals surface area contributed by atoms with Gasteiger partial charge in [-0.2, -0.15) is 0 Å². The van der Waals surface area contributed by atoms with Crippen molar-refractivity contribution in [2.45, 2.75) is 51.9 Å². The fraction of sp³-hybridized carbons (Fsp3) is 0.909. The second-order valence-electron chi connectivity index (χ2n) is 4.43.